The Balaban J connectivity index is 1.51. The number of anilines is 2. The molecular formula is C25H33F3N8O3S. The van der Waals surface area contributed by atoms with Crippen molar-refractivity contribution < 1.29 is 26.7 Å². The average Bonchev–Trinajstić information content (AvgIpc) is 3.34. The van der Waals surface area contributed by atoms with Crippen LogP contribution in [0.5, 0.6) is 0 Å². The Bertz CT molecular complexity index is 1400. The van der Waals surface area contributed by atoms with Crippen LogP contribution >= 0.6 is 0 Å². The predicted octanol–water partition coefficient (Wildman–Crippen LogP) is 2.57. The van der Waals surface area contributed by atoms with Crippen LogP contribution in [0.15, 0.2) is 47.8 Å². The topological polar surface area (TPSA) is 151 Å². The molecule has 3 aromatic rings. The van der Waals surface area contributed by atoms with E-state index in [4.69, 9.17) is 5.73 Å². The van der Waals surface area contributed by atoms with Crippen LogP contribution in [-0.2, 0) is 22.7 Å². The molecule has 4 rings (SSSR count). The van der Waals surface area contributed by atoms with Crippen LogP contribution in [0.1, 0.15) is 32.3 Å². The maximum atomic E-state index is 13.7. The van der Waals surface area contributed by atoms with Crippen molar-refractivity contribution in [2.24, 2.45) is 5.73 Å². The molecule has 0 unspecified atom stereocenters. The number of aliphatic hydroxyl groups is 1. The highest BCUT2D eigenvalue weighted by Gasteiger charge is 2.36. The summed E-state index contributed by atoms with van der Waals surface area (Å²) in [6.07, 6.45) is -0.0495. The molecule has 1 fully saturated rings. The lowest BCUT2D eigenvalue weighted by Crippen LogP contribution is -2.45. The second kappa shape index (κ2) is 11.8. The minimum atomic E-state index is -4.71. The third-order valence-electron chi connectivity index (χ3n) is 6.33. The number of hydrogen-bond acceptors (Lipinski definition) is 9. The van der Waals surface area contributed by atoms with Gasteiger partial charge in [-0.05, 0) is 51.0 Å². The second-order valence-electron chi connectivity index (χ2n) is 10.3. The number of hydrogen-bond donors (Lipinski definition) is 4. The molecule has 0 spiro atoms. The number of alkyl halides is 3. The third-order valence-corrected chi connectivity index (χ3v) is 8.24. The van der Waals surface area contributed by atoms with Crippen molar-refractivity contribution in [3.8, 4) is 11.3 Å². The third kappa shape index (κ3) is 7.34. The predicted molar refractivity (Wildman–Crippen MR) is 143 cm³/mol. The van der Waals surface area contributed by atoms with Crippen molar-refractivity contribution in [3.63, 3.8) is 0 Å². The van der Waals surface area contributed by atoms with Crippen LogP contribution in [0.2, 0.25) is 0 Å². The van der Waals surface area contributed by atoms with Gasteiger partial charge < -0.3 is 21.5 Å². The van der Waals surface area contributed by atoms with Crippen molar-refractivity contribution in [2.75, 3.05) is 31.5 Å². The lowest BCUT2D eigenvalue weighted by atomic mass is 10.1. The van der Waals surface area contributed by atoms with Gasteiger partial charge in [-0.15, -0.1) is 0 Å². The Morgan fingerprint density at radius 2 is 1.80 bits per heavy atom. The SMILES string of the molecule is CC(C)(O)Cn1cc(-c2nc(Nc3ccc(S(=O)(=O)N4CCC(NCCN)CC4)cc3)ncc2C(F)(F)F)cn1. The smallest absolute Gasteiger partial charge is 0.389 e. The molecule has 218 valence electrons. The molecule has 5 N–H and O–H groups in total. The fourth-order valence-corrected chi connectivity index (χ4v) is 5.88. The highest BCUT2D eigenvalue weighted by Crippen LogP contribution is 2.36. The Morgan fingerprint density at radius 3 is 2.40 bits per heavy atom. The lowest BCUT2D eigenvalue weighted by molar-refractivity contribution is -0.137. The maximum Gasteiger partial charge on any atom is 0.419 e. The summed E-state index contributed by atoms with van der Waals surface area (Å²) in [5.74, 6) is -0.110. The number of nitrogens with one attached hydrogen (secondary N) is 2. The van der Waals surface area contributed by atoms with Crippen molar-refractivity contribution in [3.05, 3.63) is 48.4 Å². The van der Waals surface area contributed by atoms with E-state index in [1.165, 1.54) is 45.6 Å². The van der Waals surface area contributed by atoms with Crippen molar-refractivity contribution in [1.82, 2.24) is 29.4 Å². The summed E-state index contributed by atoms with van der Waals surface area (Å²) in [6, 6.07) is 6.10. The van der Waals surface area contributed by atoms with Gasteiger partial charge in [-0.3, -0.25) is 4.68 Å². The quantitative estimate of drug-likeness (QED) is 0.283. The van der Waals surface area contributed by atoms with E-state index in [0.29, 0.717) is 50.9 Å². The summed E-state index contributed by atoms with van der Waals surface area (Å²) < 4.78 is 70.2. The van der Waals surface area contributed by atoms with Gasteiger partial charge in [-0.1, -0.05) is 0 Å². The number of nitrogens with zero attached hydrogens (tertiary/aromatic N) is 5. The van der Waals surface area contributed by atoms with Crippen molar-refractivity contribution in [2.45, 2.75) is 55.9 Å². The summed E-state index contributed by atoms with van der Waals surface area (Å²) >= 11 is 0. The number of nitrogens with two attached hydrogens (primary N) is 1. The second-order valence-corrected chi connectivity index (χ2v) is 12.2. The van der Waals surface area contributed by atoms with E-state index in [9.17, 15) is 26.7 Å². The highest BCUT2D eigenvalue weighted by atomic mass is 32.2. The number of piperidine rings is 1. The van der Waals surface area contributed by atoms with E-state index < -0.39 is 27.4 Å². The zero-order chi connectivity index (χ0) is 29.1. The van der Waals surface area contributed by atoms with Gasteiger partial charge in [0.05, 0.1) is 28.9 Å². The minimum Gasteiger partial charge on any atom is -0.389 e. The van der Waals surface area contributed by atoms with Crippen LogP contribution in [0, 0.1) is 0 Å². The number of rotatable bonds is 10. The van der Waals surface area contributed by atoms with E-state index in [0.717, 1.165) is 0 Å². The first-order valence-corrected chi connectivity index (χ1v) is 14.2. The first kappa shape index (κ1) is 29.9. The molecule has 1 aromatic carbocycles. The van der Waals surface area contributed by atoms with Crippen LogP contribution in [0.25, 0.3) is 11.3 Å². The molecule has 0 radical (unpaired) electrons. The van der Waals surface area contributed by atoms with Gasteiger partial charge in [0.15, 0.2) is 0 Å². The summed E-state index contributed by atoms with van der Waals surface area (Å²) in [7, 11) is -3.70. The summed E-state index contributed by atoms with van der Waals surface area (Å²) in [4.78, 5) is 8.02. The Labute approximate surface area is 230 Å². The average molecular weight is 583 g/mol. The van der Waals surface area contributed by atoms with Crippen LogP contribution < -0.4 is 16.4 Å². The molecule has 1 saturated heterocycles. The molecule has 0 bridgehead atoms. The molecule has 0 atom stereocenters. The van der Waals surface area contributed by atoms with E-state index in [2.05, 4.69) is 25.7 Å². The van der Waals surface area contributed by atoms with Gasteiger partial charge in [-0.2, -0.15) is 22.6 Å². The minimum absolute atomic E-state index is 0.0724. The highest BCUT2D eigenvalue weighted by molar-refractivity contribution is 7.89. The van der Waals surface area contributed by atoms with Crippen molar-refractivity contribution in [1.29, 1.82) is 0 Å². The van der Waals surface area contributed by atoms with Crippen LogP contribution in [0.3, 0.4) is 0 Å². The zero-order valence-corrected chi connectivity index (χ0v) is 23.0. The summed E-state index contributed by atoms with van der Waals surface area (Å²) in [5, 5.41) is 20.2. The Hall–Kier alpha value is -3.11. The summed E-state index contributed by atoms with van der Waals surface area (Å²) in [5.41, 5.74) is 3.48. The molecule has 1 aliphatic rings. The summed E-state index contributed by atoms with van der Waals surface area (Å²) in [6.45, 7) is 5.17. The largest absolute Gasteiger partial charge is 0.419 e. The van der Waals surface area contributed by atoms with Crippen LogP contribution in [-0.4, -0.2) is 75.4 Å². The molecule has 0 saturated carbocycles. The molecule has 15 heteroatoms. The fourth-order valence-electron chi connectivity index (χ4n) is 4.41. The number of benzene rings is 1. The molecule has 0 amide bonds. The maximum absolute atomic E-state index is 13.7. The van der Waals surface area contributed by atoms with Gasteiger partial charge in [0.25, 0.3) is 0 Å². The van der Waals surface area contributed by atoms with Gasteiger partial charge in [0.1, 0.15) is 5.56 Å². The molecular weight excluding hydrogens is 549 g/mol. The Kier molecular flexibility index (Phi) is 8.80. The van der Waals surface area contributed by atoms with Gasteiger partial charge >= 0.3 is 6.18 Å². The first-order valence-electron chi connectivity index (χ1n) is 12.8. The molecule has 0 aliphatic carbocycles. The fraction of sp³-hybridized carbons (Fsp3) is 0.480. The van der Waals surface area contributed by atoms with Gasteiger partial charge in [0.2, 0.25) is 16.0 Å². The van der Waals surface area contributed by atoms with E-state index in [-0.39, 0.29) is 34.7 Å². The van der Waals surface area contributed by atoms with E-state index >= 15 is 0 Å². The van der Waals surface area contributed by atoms with E-state index in [1.54, 1.807) is 13.8 Å². The molecule has 3 heterocycles. The van der Waals surface area contributed by atoms with Crippen LogP contribution in [0.4, 0.5) is 24.8 Å². The van der Waals surface area contributed by atoms with Gasteiger partial charge in [0, 0.05) is 55.9 Å². The zero-order valence-electron chi connectivity index (χ0n) is 22.2. The van der Waals surface area contributed by atoms with Crippen molar-refractivity contribution >= 4 is 21.7 Å². The number of halogens is 3. The van der Waals surface area contributed by atoms with E-state index in [1.807, 2.05) is 0 Å². The number of aromatic nitrogens is 4. The lowest BCUT2D eigenvalue weighted by Gasteiger charge is -2.31. The normalized spacial score (nSPS) is 15.9. The molecule has 2 aromatic heterocycles. The molecule has 40 heavy (non-hydrogen) atoms. The standard InChI is InChI=1S/C25H33F3N8O3S/c1-24(2,37)16-35-15-17(13-32-35)22-21(25(26,27)28)14-31-23(34-22)33-19-3-5-20(6-4-19)40(38,39)36-11-7-18(8-12-36)30-10-9-29/h3-6,13-15,18,30,37H,7-12,16,29H2,1-2H3,(H,31,33,34). The molecule has 11 nitrogen and oxygen atoms in total. The monoisotopic (exact) mass is 582 g/mol. The Morgan fingerprint density at radius 1 is 1.12 bits per heavy atom. The number of sulfonamides is 1. The molecule has 1 aliphatic heterocycles. The van der Waals surface area contributed by atoms with Gasteiger partial charge in [-0.25, -0.2) is 18.4 Å². The first-order chi connectivity index (χ1) is 18.8.